The predicted molar refractivity (Wildman–Crippen MR) is 78.6 cm³/mol. The van der Waals surface area contributed by atoms with Crippen LogP contribution in [0.25, 0.3) is 0 Å². The van der Waals surface area contributed by atoms with Crippen LogP contribution in [-0.4, -0.2) is 0 Å². The lowest BCUT2D eigenvalue weighted by Gasteiger charge is -2.10. The molecule has 1 nitrogen and oxygen atoms in total. The highest BCUT2D eigenvalue weighted by Gasteiger charge is 2.12. The molecule has 0 fully saturated rings. The number of hydrogen-bond donors (Lipinski definition) is 1. The lowest BCUT2D eigenvalue weighted by atomic mass is 10.0. The average Bonchev–Trinajstić information content (AvgIpc) is 2.45. The Hall–Kier alpha value is -1.97. The van der Waals surface area contributed by atoms with Crippen molar-refractivity contribution >= 4 is 5.69 Å². The Morgan fingerprint density at radius 3 is 2.10 bits per heavy atom. The van der Waals surface area contributed by atoms with Gasteiger partial charge in [0.25, 0.3) is 0 Å². The van der Waals surface area contributed by atoms with Crippen LogP contribution in [0.4, 0.5) is 18.9 Å². The molecule has 21 heavy (non-hydrogen) atoms. The molecule has 0 bridgehead atoms. The van der Waals surface area contributed by atoms with E-state index in [-0.39, 0.29) is 5.69 Å². The number of rotatable bonds is 5. The van der Waals surface area contributed by atoms with Crippen molar-refractivity contribution in [2.75, 3.05) is 5.32 Å². The summed E-state index contributed by atoms with van der Waals surface area (Å²) in [4.78, 5) is 0. The Bertz CT molecular complexity index is 606. The van der Waals surface area contributed by atoms with Gasteiger partial charge in [0.15, 0.2) is 17.5 Å². The fraction of sp³-hybridized carbons (Fsp3) is 0.294. The minimum Gasteiger partial charge on any atom is -0.379 e. The van der Waals surface area contributed by atoms with Crippen molar-refractivity contribution in [1.29, 1.82) is 0 Å². The monoisotopic (exact) mass is 293 g/mol. The summed E-state index contributed by atoms with van der Waals surface area (Å²) in [5.41, 5.74) is 2.15. The third-order valence-electron chi connectivity index (χ3n) is 3.19. The molecule has 2 aromatic rings. The van der Waals surface area contributed by atoms with E-state index in [0.717, 1.165) is 18.1 Å². The summed E-state index contributed by atoms with van der Waals surface area (Å²) >= 11 is 0. The Morgan fingerprint density at radius 2 is 1.48 bits per heavy atom. The normalized spacial score (nSPS) is 11.0. The molecular formula is C17H18F3N. The lowest BCUT2D eigenvalue weighted by Crippen LogP contribution is -2.04. The zero-order chi connectivity index (χ0) is 15.4. The van der Waals surface area contributed by atoms with E-state index in [4.69, 9.17) is 0 Å². The first-order valence-corrected chi connectivity index (χ1v) is 6.92. The van der Waals surface area contributed by atoms with Gasteiger partial charge < -0.3 is 5.32 Å². The zero-order valence-electron chi connectivity index (χ0n) is 12.1. The minimum atomic E-state index is -1.45. The summed E-state index contributed by atoms with van der Waals surface area (Å²) in [5.74, 6) is -3.24. The topological polar surface area (TPSA) is 12.0 Å². The van der Waals surface area contributed by atoms with Crippen molar-refractivity contribution < 1.29 is 13.2 Å². The third kappa shape index (κ3) is 4.00. The van der Waals surface area contributed by atoms with E-state index >= 15 is 0 Å². The molecule has 0 aliphatic heterocycles. The second-order valence-corrected chi connectivity index (χ2v) is 5.49. The minimum absolute atomic E-state index is 0.0415. The lowest BCUT2D eigenvalue weighted by molar-refractivity contribution is 0.449. The Kier molecular flexibility index (Phi) is 4.89. The molecule has 0 aliphatic carbocycles. The number of anilines is 1. The Labute approximate surface area is 122 Å². The van der Waals surface area contributed by atoms with Crippen LogP contribution in [-0.2, 0) is 13.0 Å². The number of benzene rings is 2. The highest BCUT2D eigenvalue weighted by atomic mass is 19.2. The molecular weight excluding hydrogens is 275 g/mol. The second-order valence-electron chi connectivity index (χ2n) is 5.49. The second kappa shape index (κ2) is 6.66. The maximum absolute atomic E-state index is 13.5. The van der Waals surface area contributed by atoms with Crippen LogP contribution in [0, 0.1) is 23.4 Å². The van der Waals surface area contributed by atoms with E-state index in [1.54, 1.807) is 0 Å². The summed E-state index contributed by atoms with van der Waals surface area (Å²) in [7, 11) is 0. The van der Waals surface area contributed by atoms with Gasteiger partial charge in [0, 0.05) is 6.54 Å². The molecule has 4 heteroatoms. The standard InChI is InChI=1S/C17H18F3N/c1-11(2)9-12-3-5-13(6-4-12)10-21-15-8-7-14(18)16(19)17(15)20/h3-8,11,21H,9-10H2,1-2H3. The van der Waals surface area contributed by atoms with Crippen molar-refractivity contribution in [3.8, 4) is 0 Å². The predicted octanol–water partition coefficient (Wildman–Crippen LogP) is 4.91. The van der Waals surface area contributed by atoms with Gasteiger partial charge in [-0.05, 0) is 35.6 Å². The molecule has 0 radical (unpaired) electrons. The van der Waals surface area contributed by atoms with Crippen molar-refractivity contribution in [2.24, 2.45) is 5.92 Å². The summed E-state index contributed by atoms with van der Waals surface area (Å²) in [5, 5.41) is 2.78. The van der Waals surface area contributed by atoms with Gasteiger partial charge >= 0.3 is 0 Å². The van der Waals surface area contributed by atoms with E-state index in [1.165, 1.54) is 11.6 Å². The van der Waals surface area contributed by atoms with Crippen LogP contribution in [0.5, 0.6) is 0 Å². The van der Waals surface area contributed by atoms with Crippen LogP contribution in [0.15, 0.2) is 36.4 Å². The quantitative estimate of drug-likeness (QED) is 0.772. The fourth-order valence-corrected chi connectivity index (χ4v) is 2.12. The third-order valence-corrected chi connectivity index (χ3v) is 3.19. The highest BCUT2D eigenvalue weighted by molar-refractivity contribution is 5.46. The maximum atomic E-state index is 13.5. The first-order valence-electron chi connectivity index (χ1n) is 6.92. The van der Waals surface area contributed by atoms with Gasteiger partial charge in [-0.25, -0.2) is 13.2 Å². The average molecular weight is 293 g/mol. The van der Waals surface area contributed by atoms with Gasteiger partial charge in [-0.15, -0.1) is 0 Å². The summed E-state index contributed by atoms with van der Waals surface area (Å²) in [6.45, 7) is 4.66. The fourth-order valence-electron chi connectivity index (χ4n) is 2.12. The molecule has 0 aliphatic rings. The van der Waals surface area contributed by atoms with E-state index in [0.29, 0.717) is 12.5 Å². The summed E-state index contributed by atoms with van der Waals surface area (Å²) in [6.07, 6.45) is 1.01. The van der Waals surface area contributed by atoms with Crippen molar-refractivity contribution in [3.63, 3.8) is 0 Å². The van der Waals surface area contributed by atoms with Crippen LogP contribution in [0.1, 0.15) is 25.0 Å². The molecule has 0 amide bonds. The molecule has 0 unspecified atom stereocenters. The first kappa shape index (κ1) is 15.4. The van der Waals surface area contributed by atoms with Gasteiger partial charge in [0.1, 0.15) is 0 Å². The zero-order valence-corrected chi connectivity index (χ0v) is 12.1. The first-order chi connectivity index (χ1) is 9.97. The molecule has 112 valence electrons. The van der Waals surface area contributed by atoms with Crippen molar-refractivity contribution in [3.05, 3.63) is 65.0 Å². The van der Waals surface area contributed by atoms with Gasteiger partial charge in [0.2, 0.25) is 0 Å². The van der Waals surface area contributed by atoms with E-state index in [1.807, 2.05) is 24.3 Å². The highest BCUT2D eigenvalue weighted by Crippen LogP contribution is 2.20. The Balaban J connectivity index is 2.02. The smallest absolute Gasteiger partial charge is 0.196 e. The summed E-state index contributed by atoms with van der Waals surface area (Å²) in [6, 6.07) is 10.1. The molecule has 0 spiro atoms. The molecule has 1 N–H and O–H groups in total. The molecule has 0 saturated heterocycles. The van der Waals surface area contributed by atoms with Crippen LogP contribution in [0.2, 0.25) is 0 Å². The van der Waals surface area contributed by atoms with Gasteiger partial charge in [-0.3, -0.25) is 0 Å². The van der Waals surface area contributed by atoms with Gasteiger partial charge in [-0.1, -0.05) is 38.1 Å². The molecule has 0 atom stereocenters. The van der Waals surface area contributed by atoms with E-state index in [9.17, 15) is 13.2 Å². The van der Waals surface area contributed by atoms with Crippen molar-refractivity contribution in [1.82, 2.24) is 0 Å². The summed E-state index contributed by atoms with van der Waals surface area (Å²) < 4.78 is 39.4. The molecule has 2 aromatic carbocycles. The van der Waals surface area contributed by atoms with Crippen LogP contribution >= 0.6 is 0 Å². The SMILES string of the molecule is CC(C)Cc1ccc(CNc2ccc(F)c(F)c2F)cc1. The molecule has 0 saturated carbocycles. The van der Waals surface area contributed by atoms with E-state index in [2.05, 4.69) is 19.2 Å². The maximum Gasteiger partial charge on any atom is 0.196 e. The van der Waals surface area contributed by atoms with Gasteiger partial charge in [0.05, 0.1) is 5.69 Å². The Morgan fingerprint density at radius 1 is 0.857 bits per heavy atom. The van der Waals surface area contributed by atoms with Crippen LogP contribution < -0.4 is 5.32 Å². The van der Waals surface area contributed by atoms with Gasteiger partial charge in [-0.2, -0.15) is 0 Å². The van der Waals surface area contributed by atoms with Crippen LogP contribution in [0.3, 0.4) is 0 Å². The molecule has 0 heterocycles. The number of halogens is 3. The largest absolute Gasteiger partial charge is 0.379 e. The number of nitrogens with one attached hydrogen (secondary N) is 1. The molecule has 2 rings (SSSR count). The molecule has 0 aromatic heterocycles. The van der Waals surface area contributed by atoms with Crippen molar-refractivity contribution in [2.45, 2.75) is 26.8 Å². The number of hydrogen-bond acceptors (Lipinski definition) is 1. The van der Waals surface area contributed by atoms with E-state index < -0.39 is 17.5 Å².